The molecular weight excluding hydrogens is 485 g/mol. The highest BCUT2D eigenvalue weighted by Gasteiger charge is 2.69. The van der Waals surface area contributed by atoms with Crippen LogP contribution >= 0.6 is 0 Å². The quantitative estimate of drug-likeness (QED) is 0.384. The molecule has 37 heavy (non-hydrogen) atoms. The number of likely N-dealkylation sites (tertiary alicyclic amines) is 1. The van der Waals surface area contributed by atoms with Crippen LogP contribution < -0.4 is 4.90 Å². The minimum Gasteiger partial charge on any atom is -0.332 e. The molecule has 11 heteroatoms. The Balaban J connectivity index is 1.44. The van der Waals surface area contributed by atoms with Crippen molar-refractivity contribution in [2.45, 2.75) is 36.8 Å². The Labute approximate surface area is 212 Å². The molecule has 3 aliphatic rings. The Morgan fingerprint density at radius 3 is 2.16 bits per heavy atom. The number of hydrogen-bond donors (Lipinski definition) is 0. The van der Waals surface area contributed by atoms with Crippen molar-refractivity contribution in [3.8, 4) is 0 Å². The van der Waals surface area contributed by atoms with Gasteiger partial charge in [-0.25, -0.2) is 4.98 Å². The maximum atomic E-state index is 13.9. The lowest BCUT2D eigenvalue weighted by molar-refractivity contribution is -0.573. The third-order valence-corrected chi connectivity index (χ3v) is 8.04. The Morgan fingerprint density at radius 2 is 1.59 bits per heavy atom. The lowest BCUT2D eigenvalue weighted by Gasteiger charge is -2.41. The molecule has 0 aliphatic carbocycles. The van der Waals surface area contributed by atoms with E-state index in [1.54, 1.807) is 4.90 Å². The minimum absolute atomic E-state index is 0.150. The molecule has 3 aliphatic heterocycles. The van der Waals surface area contributed by atoms with Crippen LogP contribution in [0.2, 0.25) is 0 Å². The van der Waals surface area contributed by atoms with Crippen LogP contribution in [0.25, 0.3) is 0 Å². The molecule has 3 unspecified atom stereocenters. The fourth-order valence-electron chi connectivity index (χ4n) is 6.53. The zero-order valence-corrected chi connectivity index (χ0v) is 20.3. The Morgan fingerprint density at radius 1 is 1.00 bits per heavy atom. The van der Waals surface area contributed by atoms with Gasteiger partial charge in [-0.1, -0.05) is 60.7 Å². The lowest BCUT2D eigenvalue weighted by Crippen LogP contribution is -2.63. The molecular formula is C26H27F3N6O2. The van der Waals surface area contributed by atoms with Crippen LogP contribution in [0.3, 0.4) is 0 Å². The molecule has 2 aromatic carbocycles. The molecule has 0 saturated carbocycles. The van der Waals surface area contributed by atoms with Crippen molar-refractivity contribution in [3.05, 3.63) is 93.4 Å². The Kier molecular flexibility index (Phi) is 5.53. The van der Waals surface area contributed by atoms with Gasteiger partial charge < -0.3 is 9.47 Å². The molecule has 4 heterocycles. The number of halogens is 3. The van der Waals surface area contributed by atoms with E-state index in [0.29, 0.717) is 32.1 Å². The molecule has 0 radical (unpaired) electrons. The van der Waals surface area contributed by atoms with Crippen LogP contribution in [0.1, 0.15) is 28.6 Å². The number of anilines is 1. The number of nitrogens with zero attached hydrogens (tertiary/aromatic N) is 6. The number of fused-ring (bicyclic) bond motifs is 6. The molecule has 3 atom stereocenters. The summed E-state index contributed by atoms with van der Waals surface area (Å²) in [5.74, 6) is -1.42. The molecule has 3 aromatic rings. The van der Waals surface area contributed by atoms with Gasteiger partial charge >= 0.3 is 6.18 Å². The second-order valence-corrected chi connectivity index (χ2v) is 10.3. The van der Waals surface area contributed by atoms with Crippen molar-refractivity contribution in [2.75, 3.05) is 31.2 Å². The number of alkyl halides is 3. The number of benzene rings is 2. The average Bonchev–Trinajstić information content (AvgIpc) is 3.54. The summed E-state index contributed by atoms with van der Waals surface area (Å²) < 4.78 is 42.9. The highest BCUT2D eigenvalue weighted by molar-refractivity contribution is 5.57. The van der Waals surface area contributed by atoms with E-state index in [1.807, 2.05) is 65.6 Å². The topological polar surface area (TPSA) is 70.7 Å². The van der Waals surface area contributed by atoms with Gasteiger partial charge in [0.25, 0.3) is 5.54 Å². The molecule has 1 aromatic heterocycles. The minimum atomic E-state index is -4.66. The molecule has 0 spiro atoms. The number of aromatic nitrogens is 2. The number of imidazole rings is 1. The normalized spacial score (nSPS) is 25.7. The zero-order valence-electron chi connectivity index (χ0n) is 20.3. The SMILES string of the molecule is Cn1c(C(F)(F)F)nc2c1N1CN(Cc3ccccc3)CC1C1([N+](=O)[O-])CN(Cc3ccccc3)CC21. The van der Waals surface area contributed by atoms with E-state index in [9.17, 15) is 23.3 Å². The van der Waals surface area contributed by atoms with Crippen molar-refractivity contribution in [1.82, 2.24) is 19.4 Å². The summed E-state index contributed by atoms with van der Waals surface area (Å²) in [6.07, 6.45) is -4.66. The summed E-state index contributed by atoms with van der Waals surface area (Å²) in [7, 11) is 1.36. The van der Waals surface area contributed by atoms with Crippen molar-refractivity contribution >= 4 is 5.82 Å². The van der Waals surface area contributed by atoms with Crippen LogP contribution in [0.5, 0.6) is 0 Å². The van der Waals surface area contributed by atoms with Crippen LogP contribution in [0.4, 0.5) is 19.0 Å². The van der Waals surface area contributed by atoms with Gasteiger partial charge in [-0.15, -0.1) is 0 Å². The highest BCUT2D eigenvalue weighted by atomic mass is 19.4. The predicted octanol–water partition coefficient (Wildman–Crippen LogP) is 3.72. The summed E-state index contributed by atoms with van der Waals surface area (Å²) in [6, 6.07) is 18.8. The fraction of sp³-hybridized carbons (Fsp3) is 0.423. The first-order valence-corrected chi connectivity index (χ1v) is 12.3. The Bertz CT molecular complexity index is 1320. The number of hydrogen-bond acceptors (Lipinski definition) is 6. The molecule has 0 N–H and O–H groups in total. The van der Waals surface area contributed by atoms with E-state index in [2.05, 4.69) is 9.88 Å². The smallest absolute Gasteiger partial charge is 0.332 e. The molecule has 2 fully saturated rings. The summed E-state index contributed by atoms with van der Waals surface area (Å²) >= 11 is 0. The van der Waals surface area contributed by atoms with Gasteiger partial charge in [-0.05, 0) is 11.1 Å². The molecule has 2 saturated heterocycles. The van der Waals surface area contributed by atoms with Crippen molar-refractivity contribution < 1.29 is 18.1 Å². The first-order chi connectivity index (χ1) is 17.7. The zero-order chi connectivity index (χ0) is 25.9. The number of nitro groups is 1. The van der Waals surface area contributed by atoms with Crippen molar-refractivity contribution in [1.29, 1.82) is 0 Å². The molecule has 194 valence electrons. The molecule has 0 bridgehead atoms. The highest BCUT2D eigenvalue weighted by Crippen LogP contribution is 2.53. The van der Waals surface area contributed by atoms with E-state index in [1.165, 1.54) is 7.05 Å². The van der Waals surface area contributed by atoms with Gasteiger partial charge in [0.15, 0.2) is 0 Å². The number of rotatable bonds is 5. The Hall–Kier alpha value is -3.44. The lowest BCUT2D eigenvalue weighted by atomic mass is 9.76. The van der Waals surface area contributed by atoms with Gasteiger partial charge in [0.05, 0.1) is 24.8 Å². The molecule has 0 amide bonds. The van der Waals surface area contributed by atoms with Gasteiger partial charge in [-0.2, -0.15) is 13.2 Å². The van der Waals surface area contributed by atoms with Crippen LogP contribution in [0.15, 0.2) is 60.7 Å². The first-order valence-electron chi connectivity index (χ1n) is 12.3. The molecule has 6 rings (SSSR count). The second kappa shape index (κ2) is 8.56. The maximum absolute atomic E-state index is 13.9. The van der Waals surface area contributed by atoms with E-state index in [4.69, 9.17) is 0 Å². The van der Waals surface area contributed by atoms with Gasteiger partial charge in [-0.3, -0.25) is 19.9 Å². The van der Waals surface area contributed by atoms with E-state index in [-0.39, 0.29) is 23.7 Å². The summed E-state index contributed by atoms with van der Waals surface area (Å²) in [5, 5.41) is 12.9. The maximum Gasteiger partial charge on any atom is 0.449 e. The standard InChI is InChI=1S/C26H27F3N6O2/c1-31-23-22(30-24(31)26(27,28)29)20-14-32(12-18-8-4-2-5-9-18)16-25(20,35(36)37)21-15-33(17-34(21)23)13-19-10-6-3-7-11-19/h2-11,20-21H,12-17H2,1H3. The van der Waals surface area contributed by atoms with Gasteiger partial charge in [0.1, 0.15) is 11.9 Å². The van der Waals surface area contributed by atoms with Gasteiger partial charge in [0.2, 0.25) is 5.82 Å². The van der Waals surface area contributed by atoms with Gasteiger partial charge in [0, 0.05) is 38.2 Å². The third-order valence-electron chi connectivity index (χ3n) is 8.04. The summed E-state index contributed by atoms with van der Waals surface area (Å²) in [4.78, 5) is 22.6. The summed E-state index contributed by atoms with van der Waals surface area (Å²) in [5.41, 5.74) is 0.767. The summed E-state index contributed by atoms with van der Waals surface area (Å²) in [6.45, 7) is 2.15. The fourth-order valence-corrected chi connectivity index (χ4v) is 6.53. The monoisotopic (exact) mass is 512 g/mol. The third kappa shape index (κ3) is 3.79. The second-order valence-electron chi connectivity index (χ2n) is 10.3. The first kappa shape index (κ1) is 23.9. The molecule has 8 nitrogen and oxygen atoms in total. The largest absolute Gasteiger partial charge is 0.449 e. The van der Waals surface area contributed by atoms with E-state index < -0.39 is 29.5 Å². The van der Waals surface area contributed by atoms with Crippen LogP contribution in [-0.2, 0) is 26.3 Å². The van der Waals surface area contributed by atoms with Crippen molar-refractivity contribution in [3.63, 3.8) is 0 Å². The predicted molar refractivity (Wildman–Crippen MR) is 130 cm³/mol. The van der Waals surface area contributed by atoms with Crippen molar-refractivity contribution in [2.24, 2.45) is 7.05 Å². The van der Waals surface area contributed by atoms with E-state index in [0.717, 1.165) is 15.7 Å². The van der Waals surface area contributed by atoms with Crippen LogP contribution in [0, 0.1) is 10.1 Å². The average molecular weight is 513 g/mol. The van der Waals surface area contributed by atoms with E-state index >= 15 is 0 Å². The van der Waals surface area contributed by atoms with Crippen LogP contribution in [-0.4, -0.2) is 62.2 Å².